The third-order valence-electron chi connectivity index (χ3n) is 6.20. The van der Waals surface area contributed by atoms with Crippen LogP contribution in [-0.4, -0.2) is 36.7 Å². The predicted octanol–water partition coefficient (Wildman–Crippen LogP) is 2.27. The van der Waals surface area contributed by atoms with Gasteiger partial charge in [0.25, 0.3) is 5.56 Å². The van der Waals surface area contributed by atoms with E-state index in [2.05, 4.69) is 49.9 Å². The summed E-state index contributed by atoms with van der Waals surface area (Å²) in [4.78, 5) is 32.7. The molecule has 0 amide bonds. The summed E-state index contributed by atoms with van der Waals surface area (Å²) >= 11 is 0. The van der Waals surface area contributed by atoms with Crippen LogP contribution in [0.5, 0.6) is 0 Å². The number of fused-ring (bicyclic) bond motifs is 1. The number of imidazole rings is 1. The van der Waals surface area contributed by atoms with Crippen molar-refractivity contribution in [3.05, 3.63) is 62.1 Å². The Morgan fingerprint density at radius 2 is 1.60 bits per heavy atom. The molecule has 1 aliphatic rings. The number of aromatic nitrogens is 4. The summed E-state index contributed by atoms with van der Waals surface area (Å²) in [7, 11) is 3.21. The number of piperidine rings is 1. The molecule has 1 aromatic carbocycles. The topological polar surface area (TPSA) is 65.1 Å². The van der Waals surface area contributed by atoms with Crippen LogP contribution in [0.15, 0.2) is 33.9 Å². The van der Waals surface area contributed by atoms with E-state index in [0.29, 0.717) is 36.1 Å². The van der Waals surface area contributed by atoms with Crippen LogP contribution in [0.4, 0.5) is 0 Å². The number of benzene rings is 1. The molecule has 2 aromatic heterocycles. The maximum atomic E-state index is 13.1. The number of hydrogen-bond donors (Lipinski definition) is 0. The van der Waals surface area contributed by atoms with Gasteiger partial charge in [0.1, 0.15) is 5.82 Å². The first-order valence-corrected chi connectivity index (χ1v) is 10.7. The Morgan fingerprint density at radius 3 is 2.23 bits per heavy atom. The zero-order valence-corrected chi connectivity index (χ0v) is 18.6. The molecule has 160 valence electrons. The molecule has 0 bridgehead atoms. The van der Waals surface area contributed by atoms with E-state index >= 15 is 0 Å². The minimum atomic E-state index is -0.348. The first kappa shape index (κ1) is 20.6. The lowest BCUT2D eigenvalue weighted by atomic mass is 9.92. The van der Waals surface area contributed by atoms with Gasteiger partial charge in [-0.25, -0.2) is 9.78 Å². The predicted molar refractivity (Wildman–Crippen MR) is 119 cm³/mol. The van der Waals surface area contributed by atoms with E-state index in [-0.39, 0.29) is 11.2 Å². The first-order valence-electron chi connectivity index (χ1n) is 10.7. The van der Waals surface area contributed by atoms with Gasteiger partial charge in [0.2, 0.25) is 0 Å². The van der Waals surface area contributed by atoms with E-state index in [1.165, 1.54) is 28.2 Å². The van der Waals surface area contributed by atoms with Crippen molar-refractivity contribution in [2.75, 3.05) is 13.1 Å². The molecule has 1 saturated heterocycles. The summed E-state index contributed by atoms with van der Waals surface area (Å²) in [6.45, 7) is 9.91. The summed E-state index contributed by atoms with van der Waals surface area (Å²) in [5.74, 6) is 2.12. The number of hydrogen-bond acceptors (Lipinski definition) is 4. The lowest BCUT2D eigenvalue weighted by molar-refractivity contribution is 0.130. The SMILES string of the molecule is Cc1ccc(Cn2c(CN3C[C@H](C)C[C@@H](C)C3)nc3c2c(=O)n(C)c(=O)n3C)cc1. The Labute approximate surface area is 176 Å². The van der Waals surface area contributed by atoms with E-state index in [4.69, 9.17) is 4.98 Å². The van der Waals surface area contributed by atoms with Crippen molar-refractivity contribution in [3.63, 3.8) is 0 Å². The Hall–Kier alpha value is -2.67. The second kappa shape index (κ2) is 7.87. The molecule has 3 aromatic rings. The molecule has 3 heterocycles. The van der Waals surface area contributed by atoms with Gasteiger partial charge < -0.3 is 4.57 Å². The van der Waals surface area contributed by atoms with Crippen molar-refractivity contribution < 1.29 is 0 Å². The standard InChI is InChI=1S/C23H31N5O2/c1-15-6-8-18(9-7-15)13-28-19(14-27-11-16(2)10-17(3)12-27)24-21-20(28)22(29)26(5)23(30)25(21)4/h6-9,16-17H,10-14H2,1-5H3/t16-,17-/m1/s1. The fourth-order valence-corrected chi connectivity index (χ4v) is 4.78. The number of aryl methyl sites for hydroxylation is 2. The molecule has 0 saturated carbocycles. The van der Waals surface area contributed by atoms with E-state index in [1.54, 1.807) is 7.05 Å². The Bertz CT molecular complexity index is 1180. The smallest absolute Gasteiger partial charge is 0.317 e. The fraction of sp³-hybridized carbons (Fsp3) is 0.522. The van der Waals surface area contributed by atoms with Gasteiger partial charge >= 0.3 is 5.69 Å². The average molecular weight is 410 g/mol. The highest BCUT2D eigenvalue weighted by Crippen LogP contribution is 2.23. The van der Waals surface area contributed by atoms with Crippen LogP contribution in [0.3, 0.4) is 0 Å². The lowest BCUT2D eigenvalue weighted by Gasteiger charge is -2.34. The fourth-order valence-electron chi connectivity index (χ4n) is 4.78. The summed E-state index contributed by atoms with van der Waals surface area (Å²) in [5, 5.41) is 0. The second-order valence-electron chi connectivity index (χ2n) is 9.12. The summed E-state index contributed by atoms with van der Waals surface area (Å²) < 4.78 is 4.66. The minimum Gasteiger partial charge on any atom is -0.317 e. The van der Waals surface area contributed by atoms with Gasteiger partial charge in [-0.15, -0.1) is 0 Å². The van der Waals surface area contributed by atoms with Crippen LogP contribution >= 0.6 is 0 Å². The molecule has 7 nitrogen and oxygen atoms in total. The summed E-state index contributed by atoms with van der Waals surface area (Å²) in [6, 6.07) is 8.33. The van der Waals surface area contributed by atoms with Crippen LogP contribution < -0.4 is 11.2 Å². The quantitative estimate of drug-likeness (QED) is 0.663. The summed E-state index contributed by atoms with van der Waals surface area (Å²) in [5.41, 5.74) is 2.62. The van der Waals surface area contributed by atoms with Gasteiger partial charge in [0.05, 0.1) is 6.54 Å². The van der Waals surface area contributed by atoms with Crippen LogP contribution in [0.2, 0.25) is 0 Å². The van der Waals surface area contributed by atoms with Crippen molar-refractivity contribution in [3.8, 4) is 0 Å². The highest BCUT2D eigenvalue weighted by atomic mass is 16.2. The molecule has 2 atom stereocenters. The zero-order valence-electron chi connectivity index (χ0n) is 18.6. The average Bonchev–Trinajstić information content (AvgIpc) is 3.03. The van der Waals surface area contributed by atoms with Crippen molar-refractivity contribution in [1.82, 2.24) is 23.6 Å². The van der Waals surface area contributed by atoms with Crippen LogP contribution in [0.1, 0.15) is 37.2 Å². The second-order valence-corrected chi connectivity index (χ2v) is 9.12. The molecule has 4 rings (SSSR count). The molecule has 30 heavy (non-hydrogen) atoms. The molecule has 1 aliphatic heterocycles. The normalized spacial score (nSPS) is 20.2. The van der Waals surface area contributed by atoms with E-state index < -0.39 is 0 Å². The number of likely N-dealkylation sites (tertiary alicyclic amines) is 1. The van der Waals surface area contributed by atoms with Crippen LogP contribution in [-0.2, 0) is 27.2 Å². The molecule has 0 aliphatic carbocycles. The van der Waals surface area contributed by atoms with Gasteiger partial charge in [-0.05, 0) is 30.7 Å². The number of rotatable bonds is 4. The maximum Gasteiger partial charge on any atom is 0.332 e. The Kier molecular flexibility index (Phi) is 5.40. The maximum absolute atomic E-state index is 13.1. The third-order valence-corrected chi connectivity index (χ3v) is 6.20. The lowest BCUT2D eigenvalue weighted by Crippen LogP contribution is -2.39. The molecule has 1 fully saturated rings. The molecule has 0 spiro atoms. The molecular weight excluding hydrogens is 378 g/mol. The minimum absolute atomic E-state index is 0.292. The van der Waals surface area contributed by atoms with Crippen LogP contribution in [0, 0.1) is 18.8 Å². The van der Waals surface area contributed by atoms with E-state index in [1.807, 2.05) is 4.57 Å². The molecule has 0 N–H and O–H groups in total. The van der Waals surface area contributed by atoms with Gasteiger partial charge in [-0.2, -0.15) is 0 Å². The van der Waals surface area contributed by atoms with Gasteiger partial charge in [-0.3, -0.25) is 18.8 Å². The van der Waals surface area contributed by atoms with Gasteiger partial charge in [0, 0.05) is 33.7 Å². The van der Waals surface area contributed by atoms with Crippen molar-refractivity contribution in [1.29, 1.82) is 0 Å². The van der Waals surface area contributed by atoms with Gasteiger partial charge in [-0.1, -0.05) is 43.7 Å². The van der Waals surface area contributed by atoms with Crippen LogP contribution in [0.25, 0.3) is 11.2 Å². The molecule has 7 heteroatoms. The molecule has 0 unspecified atom stereocenters. The van der Waals surface area contributed by atoms with Crippen molar-refractivity contribution in [2.45, 2.75) is 40.3 Å². The largest absolute Gasteiger partial charge is 0.332 e. The summed E-state index contributed by atoms with van der Waals surface area (Å²) in [6.07, 6.45) is 1.24. The zero-order chi connectivity index (χ0) is 21.6. The monoisotopic (exact) mass is 409 g/mol. The first-order chi connectivity index (χ1) is 14.2. The highest BCUT2D eigenvalue weighted by Gasteiger charge is 2.25. The van der Waals surface area contributed by atoms with E-state index in [0.717, 1.165) is 24.5 Å². The molecular formula is C23H31N5O2. The van der Waals surface area contributed by atoms with Gasteiger partial charge in [0.15, 0.2) is 11.2 Å². The molecule has 0 radical (unpaired) electrons. The van der Waals surface area contributed by atoms with E-state index in [9.17, 15) is 9.59 Å². The van der Waals surface area contributed by atoms with Crippen molar-refractivity contribution >= 4 is 11.2 Å². The highest BCUT2D eigenvalue weighted by molar-refractivity contribution is 5.71. The Balaban J connectivity index is 1.84. The van der Waals surface area contributed by atoms with Crippen molar-refractivity contribution in [2.24, 2.45) is 25.9 Å². The Morgan fingerprint density at radius 1 is 0.967 bits per heavy atom. The number of nitrogens with zero attached hydrogens (tertiary/aromatic N) is 5. The third kappa shape index (κ3) is 3.74.